The molecular formula is C16H22N2O. The molecule has 1 aromatic heterocycles. The number of aromatic nitrogens is 1. The number of hydrogen-bond donors (Lipinski definition) is 0. The molecule has 3 heteroatoms. The highest BCUT2D eigenvalue weighted by molar-refractivity contribution is 5.79. The van der Waals surface area contributed by atoms with E-state index in [1.54, 1.807) is 0 Å². The summed E-state index contributed by atoms with van der Waals surface area (Å²) in [4.78, 5) is 19.2. The predicted octanol–water partition coefficient (Wildman–Crippen LogP) is 3.33. The van der Waals surface area contributed by atoms with E-state index in [4.69, 9.17) is 0 Å². The van der Waals surface area contributed by atoms with Gasteiger partial charge in [0, 0.05) is 18.7 Å². The fourth-order valence-corrected chi connectivity index (χ4v) is 3.50. The first-order valence-corrected chi connectivity index (χ1v) is 7.57. The van der Waals surface area contributed by atoms with Crippen LogP contribution in [0.25, 0.3) is 0 Å². The molecule has 1 amide bonds. The van der Waals surface area contributed by atoms with E-state index in [9.17, 15) is 4.79 Å². The van der Waals surface area contributed by atoms with Gasteiger partial charge in [-0.1, -0.05) is 25.3 Å². The Labute approximate surface area is 115 Å². The molecule has 1 saturated carbocycles. The fraction of sp³-hybridized carbons (Fsp3) is 0.625. The van der Waals surface area contributed by atoms with Crippen LogP contribution in [-0.4, -0.2) is 22.3 Å². The summed E-state index contributed by atoms with van der Waals surface area (Å²) in [6.07, 6.45) is 9.92. The quantitative estimate of drug-likeness (QED) is 0.815. The summed E-state index contributed by atoms with van der Waals surface area (Å²) in [7, 11) is 0. The molecule has 3 nitrogen and oxygen atoms in total. The van der Waals surface area contributed by atoms with Gasteiger partial charge in [0.1, 0.15) is 0 Å². The monoisotopic (exact) mass is 258 g/mol. The fourth-order valence-electron chi connectivity index (χ4n) is 3.50. The normalized spacial score (nSPS) is 24.6. The Hall–Kier alpha value is -1.38. The molecule has 102 valence electrons. The molecule has 1 aromatic rings. The van der Waals surface area contributed by atoms with Gasteiger partial charge in [-0.3, -0.25) is 9.78 Å². The number of carbonyl (C=O) groups is 1. The van der Waals surface area contributed by atoms with Crippen molar-refractivity contribution >= 4 is 5.91 Å². The lowest BCUT2D eigenvalue weighted by atomic mass is 9.88. The van der Waals surface area contributed by atoms with Crippen LogP contribution in [0.15, 0.2) is 24.4 Å². The number of carbonyl (C=O) groups excluding carboxylic acids is 1. The third-order valence-corrected chi connectivity index (χ3v) is 4.52. The SMILES string of the molecule is O=C(C1CCCCC1)N1CCCC1c1ccccn1. The summed E-state index contributed by atoms with van der Waals surface area (Å²) >= 11 is 0. The van der Waals surface area contributed by atoms with E-state index in [0.29, 0.717) is 5.91 Å². The van der Waals surface area contributed by atoms with Gasteiger partial charge in [0.25, 0.3) is 0 Å². The lowest BCUT2D eigenvalue weighted by Crippen LogP contribution is -2.36. The van der Waals surface area contributed by atoms with E-state index < -0.39 is 0 Å². The van der Waals surface area contributed by atoms with Gasteiger partial charge in [0.15, 0.2) is 0 Å². The molecule has 1 saturated heterocycles. The lowest BCUT2D eigenvalue weighted by Gasteiger charge is -2.30. The standard InChI is InChI=1S/C16H22N2O/c19-16(13-7-2-1-3-8-13)18-12-6-10-15(18)14-9-4-5-11-17-14/h4-5,9,11,13,15H,1-3,6-8,10,12H2. The van der Waals surface area contributed by atoms with Crippen LogP contribution < -0.4 is 0 Å². The van der Waals surface area contributed by atoms with Gasteiger partial charge in [-0.15, -0.1) is 0 Å². The van der Waals surface area contributed by atoms with Crippen LogP contribution in [-0.2, 0) is 4.79 Å². The second-order valence-corrected chi connectivity index (χ2v) is 5.78. The van der Waals surface area contributed by atoms with Gasteiger partial charge in [0.2, 0.25) is 5.91 Å². The summed E-state index contributed by atoms with van der Waals surface area (Å²) < 4.78 is 0. The van der Waals surface area contributed by atoms with Crippen molar-refractivity contribution in [3.8, 4) is 0 Å². The van der Waals surface area contributed by atoms with Crippen molar-refractivity contribution in [3.05, 3.63) is 30.1 Å². The molecule has 3 rings (SSSR count). The van der Waals surface area contributed by atoms with Crippen LogP contribution >= 0.6 is 0 Å². The molecule has 2 fully saturated rings. The first-order valence-electron chi connectivity index (χ1n) is 7.57. The molecule has 0 bridgehead atoms. The van der Waals surface area contributed by atoms with E-state index in [1.807, 2.05) is 18.3 Å². The van der Waals surface area contributed by atoms with Crippen molar-refractivity contribution < 1.29 is 4.79 Å². The van der Waals surface area contributed by atoms with Gasteiger partial charge in [0.05, 0.1) is 11.7 Å². The van der Waals surface area contributed by atoms with Crippen molar-refractivity contribution in [2.24, 2.45) is 5.92 Å². The Morgan fingerprint density at radius 2 is 1.95 bits per heavy atom. The number of nitrogens with zero attached hydrogens (tertiary/aromatic N) is 2. The second-order valence-electron chi connectivity index (χ2n) is 5.78. The first-order chi connectivity index (χ1) is 9.36. The zero-order valence-corrected chi connectivity index (χ0v) is 11.4. The van der Waals surface area contributed by atoms with Crippen molar-refractivity contribution in [1.29, 1.82) is 0 Å². The molecule has 0 aromatic carbocycles. The van der Waals surface area contributed by atoms with Crippen LogP contribution in [0.5, 0.6) is 0 Å². The Bertz CT molecular complexity index is 426. The lowest BCUT2D eigenvalue weighted by molar-refractivity contribution is -0.137. The zero-order valence-electron chi connectivity index (χ0n) is 11.4. The van der Waals surface area contributed by atoms with Crippen LogP contribution in [0, 0.1) is 5.92 Å². The first kappa shape index (κ1) is 12.6. The molecule has 1 atom stereocenters. The van der Waals surface area contributed by atoms with Gasteiger partial charge < -0.3 is 4.90 Å². The number of likely N-dealkylation sites (tertiary alicyclic amines) is 1. The molecule has 19 heavy (non-hydrogen) atoms. The average Bonchev–Trinajstić information content (AvgIpc) is 2.98. The third-order valence-electron chi connectivity index (χ3n) is 4.52. The Morgan fingerprint density at radius 1 is 1.11 bits per heavy atom. The minimum atomic E-state index is 0.218. The molecule has 0 spiro atoms. The van der Waals surface area contributed by atoms with Crippen molar-refractivity contribution in [2.45, 2.75) is 51.0 Å². The summed E-state index contributed by atoms with van der Waals surface area (Å²) in [5.41, 5.74) is 1.06. The van der Waals surface area contributed by atoms with E-state index in [-0.39, 0.29) is 12.0 Å². The topological polar surface area (TPSA) is 33.2 Å². The number of pyridine rings is 1. The summed E-state index contributed by atoms with van der Waals surface area (Å²) in [6.45, 7) is 0.913. The molecule has 1 aliphatic carbocycles. The molecule has 1 aliphatic heterocycles. The molecular weight excluding hydrogens is 236 g/mol. The summed E-state index contributed by atoms with van der Waals surface area (Å²) in [5, 5.41) is 0. The van der Waals surface area contributed by atoms with Gasteiger partial charge in [-0.2, -0.15) is 0 Å². The number of hydrogen-bond acceptors (Lipinski definition) is 2. The van der Waals surface area contributed by atoms with E-state index in [1.165, 1.54) is 19.3 Å². The van der Waals surface area contributed by atoms with E-state index in [0.717, 1.165) is 37.9 Å². The molecule has 2 heterocycles. The summed E-state index contributed by atoms with van der Waals surface area (Å²) in [5.74, 6) is 0.658. The van der Waals surface area contributed by atoms with Crippen molar-refractivity contribution in [2.75, 3.05) is 6.54 Å². The third kappa shape index (κ3) is 2.65. The van der Waals surface area contributed by atoms with Crippen LogP contribution in [0.4, 0.5) is 0 Å². The average molecular weight is 258 g/mol. The number of rotatable bonds is 2. The van der Waals surface area contributed by atoms with E-state index in [2.05, 4.69) is 16.0 Å². The predicted molar refractivity (Wildman–Crippen MR) is 74.5 cm³/mol. The van der Waals surface area contributed by atoms with Gasteiger partial charge in [-0.25, -0.2) is 0 Å². The van der Waals surface area contributed by atoms with Crippen molar-refractivity contribution in [3.63, 3.8) is 0 Å². The number of amides is 1. The van der Waals surface area contributed by atoms with Crippen molar-refractivity contribution in [1.82, 2.24) is 9.88 Å². The largest absolute Gasteiger partial charge is 0.334 e. The maximum Gasteiger partial charge on any atom is 0.226 e. The highest BCUT2D eigenvalue weighted by Crippen LogP contribution is 2.34. The molecule has 0 radical (unpaired) electrons. The highest BCUT2D eigenvalue weighted by Gasteiger charge is 2.34. The Kier molecular flexibility index (Phi) is 3.81. The molecule has 0 N–H and O–H groups in total. The minimum absolute atomic E-state index is 0.218. The molecule has 2 aliphatic rings. The minimum Gasteiger partial charge on any atom is -0.334 e. The summed E-state index contributed by atoms with van der Waals surface area (Å²) in [6, 6.07) is 6.22. The van der Waals surface area contributed by atoms with Crippen LogP contribution in [0.3, 0.4) is 0 Å². The van der Waals surface area contributed by atoms with Crippen LogP contribution in [0.2, 0.25) is 0 Å². The molecule has 1 unspecified atom stereocenters. The Balaban J connectivity index is 1.74. The maximum atomic E-state index is 12.7. The highest BCUT2D eigenvalue weighted by atomic mass is 16.2. The second kappa shape index (κ2) is 5.72. The smallest absolute Gasteiger partial charge is 0.226 e. The zero-order chi connectivity index (χ0) is 13.1. The van der Waals surface area contributed by atoms with Crippen LogP contribution in [0.1, 0.15) is 56.7 Å². The maximum absolute atomic E-state index is 12.7. The van der Waals surface area contributed by atoms with Gasteiger partial charge in [-0.05, 0) is 37.8 Å². The van der Waals surface area contributed by atoms with E-state index >= 15 is 0 Å². The van der Waals surface area contributed by atoms with Gasteiger partial charge >= 0.3 is 0 Å². The Morgan fingerprint density at radius 3 is 2.68 bits per heavy atom.